The number of carbonyl (C=O) groups is 6. The quantitative estimate of drug-likeness (QED) is 0.120. The Balaban J connectivity index is 1.55. The lowest BCUT2D eigenvalue weighted by atomic mass is 10.00. The second-order valence-corrected chi connectivity index (χ2v) is 15.1. The van der Waals surface area contributed by atoms with Crippen molar-refractivity contribution in [3.05, 3.63) is 118 Å². The molecule has 5 atom stereocenters. The third-order valence-electron chi connectivity index (χ3n) is 9.93. The van der Waals surface area contributed by atoms with Gasteiger partial charge in [-0.2, -0.15) is 0 Å². The van der Waals surface area contributed by atoms with Gasteiger partial charge in [-0.15, -0.1) is 0 Å². The first-order chi connectivity index (χ1) is 30.2. The van der Waals surface area contributed by atoms with Crippen molar-refractivity contribution in [2.75, 3.05) is 27.9 Å². The number of halogens is 2. The molecule has 330 valence electrons. The fraction of sp³-hybridized carbons (Fsp3) is 0.273. The zero-order chi connectivity index (χ0) is 45.4. The van der Waals surface area contributed by atoms with Crippen LogP contribution in [0.4, 0.5) is 4.79 Å². The molecule has 0 aromatic heterocycles. The van der Waals surface area contributed by atoms with E-state index >= 15 is 0 Å². The summed E-state index contributed by atoms with van der Waals surface area (Å²) in [5, 5.41) is 13.4. The summed E-state index contributed by atoms with van der Waals surface area (Å²) in [6.07, 6.45) is 0.247. The fourth-order valence-corrected chi connectivity index (χ4v) is 7.20. The van der Waals surface area contributed by atoms with Crippen LogP contribution in [0.5, 0.6) is 34.5 Å². The number of hydrogen-bond donors (Lipinski definition) is 5. The van der Waals surface area contributed by atoms with Crippen LogP contribution in [0, 0.1) is 0 Å². The average Bonchev–Trinajstić information content (AvgIpc) is 3.26. The number of esters is 1. The molecule has 0 radical (unpaired) electrons. The molecule has 4 heterocycles. The Morgan fingerprint density at radius 3 is 1.84 bits per heavy atom. The standard InChI is InChI=1S/C44H43Cl2N5O12/c1-6-15-61-44(57)49-30-18-23-7-13-32(28(45)16-23)62-34-20-26-21-35(38(34)59-4)63-33-14-8-24(17-29(33)46)19-31(43(56)60-5)48-41(54)36(25-9-11-27(58-3)12-10-25)51-42(55)37(26)50-39(52)22(2)47-40(30)53/h6-14,16-17,20-22,30-31,36-37H,1,15,18-19H2,2-5H3,(H,47,53)(H,48,54)(H,49,57)(H,50,52)(H,51,55)/t22-,30+,31-,36+,37+/m1/s1. The number of benzene rings is 4. The maximum atomic E-state index is 14.8. The van der Waals surface area contributed by atoms with Gasteiger partial charge >= 0.3 is 12.1 Å². The van der Waals surface area contributed by atoms with Crippen LogP contribution in [-0.4, -0.2) is 81.8 Å². The summed E-state index contributed by atoms with van der Waals surface area (Å²) in [6.45, 7) is 4.75. The highest BCUT2D eigenvalue weighted by molar-refractivity contribution is 6.32. The Kier molecular flexibility index (Phi) is 14.6. The smallest absolute Gasteiger partial charge is 0.408 e. The maximum Gasteiger partial charge on any atom is 0.408 e. The molecule has 17 nitrogen and oxygen atoms in total. The molecule has 4 aliphatic rings. The predicted molar refractivity (Wildman–Crippen MR) is 228 cm³/mol. The van der Waals surface area contributed by atoms with E-state index in [1.54, 1.807) is 42.5 Å². The van der Waals surface area contributed by atoms with E-state index in [1.807, 2.05) is 0 Å². The van der Waals surface area contributed by atoms with Crippen LogP contribution in [0.2, 0.25) is 10.0 Å². The highest BCUT2D eigenvalue weighted by atomic mass is 35.5. The van der Waals surface area contributed by atoms with Crippen molar-refractivity contribution in [3.63, 3.8) is 0 Å². The van der Waals surface area contributed by atoms with E-state index in [0.29, 0.717) is 16.9 Å². The van der Waals surface area contributed by atoms with Gasteiger partial charge in [-0.05, 0) is 77.7 Å². The van der Waals surface area contributed by atoms with Crippen LogP contribution >= 0.6 is 23.2 Å². The van der Waals surface area contributed by atoms with E-state index in [2.05, 4.69) is 33.2 Å². The van der Waals surface area contributed by atoms with Gasteiger partial charge < -0.3 is 55.0 Å². The zero-order valence-corrected chi connectivity index (χ0v) is 35.9. The molecular weight excluding hydrogens is 861 g/mol. The minimum Gasteiger partial charge on any atom is -0.497 e. The third-order valence-corrected chi connectivity index (χ3v) is 10.5. The molecule has 0 saturated carbocycles. The first-order valence-electron chi connectivity index (χ1n) is 19.3. The second kappa shape index (κ2) is 20.3. The average molecular weight is 905 g/mol. The topological polar surface area (TPSA) is 218 Å². The molecule has 0 aliphatic carbocycles. The summed E-state index contributed by atoms with van der Waals surface area (Å²) in [5.74, 6) is -3.52. The normalized spacial score (nSPS) is 20.1. The van der Waals surface area contributed by atoms with Gasteiger partial charge in [0.2, 0.25) is 29.4 Å². The monoisotopic (exact) mass is 903 g/mol. The van der Waals surface area contributed by atoms with Crippen molar-refractivity contribution in [1.29, 1.82) is 0 Å². The molecule has 5 N–H and O–H groups in total. The zero-order valence-electron chi connectivity index (χ0n) is 34.4. The minimum absolute atomic E-state index is 0.0240. The van der Waals surface area contributed by atoms with E-state index in [1.165, 1.54) is 64.7 Å². The summed E-state index contributed by atoms with van der Waals surface area (Å²) in [7, 11) is 3.98. The van der Waals surface area contributed by atoms with E-state index in [9.17, 15) is 28.8 Å². The second-order valence-electron chi connectivity index (χ2n) is 14.2. The van der Waals surface area contributed by atoms with Gasteiger partial charge in [-0.25, -0.2) is 9.59 Å². The van der Waals surface area contributed by atoms with Crippen LogP contribution in [-0.2, 0) is 46.3 Å². The first kappa shape index (κ1) is 45.5. The molecular formula is C44H43Cl2N5O12. The van der Waals surface area contributed by atoms with E-state index in [0.717, 1.165) is 0 Å². The molecule has 0 fully saturated rings. The molecule has 0 unspecified atom stereocenters. The largest absolute Gasteiger partial charge is 0.497 e. The van der Waals surface area contributed by atoms with Crippen molar-refractivity contribution in [2.24, 2.45) is 0 Å². The third kappa shape index (κ3) is 10.9. The Bertz CT molecular complexity index is 2430. The SMILES string of the molecule is C=CCOC(=O)N[C@H]1Cc2ccc(c(Cl)c2)Oc2cc3cc(c2OC)Oc2ccc(cc2Cl)C[C@H](C(=O)OC)NC(=O)[C@H](c2ccc(OC)cc2)NC(=O)[C@H]3NC(=O)[C@@H](C)NC1=O. The van der Waals surface area contributed by atoms with Gasteiger partial charge in [-0.3, -0.25) is 19.2 Å². The molecule has 63 heavy (non-hydrogen) atoms. The summed E-state index contributed by atoms with van der Waals surface area (Å²) < 4.78 is 33.9. The van der Waals surface area contributed by atoms with E-state index in [-0.39, 0.29) is 69.4 Å². The predicted octanol–water partition coefficient (Wildman–Crippen LogP) is 5.17. The molecule has 4 aliphatic heterocycles. The van der Waals surface area contributed by atoms with Crippen molar-refractivity contribution in [1.82, 2.24) is 26.6 Å². The van der Waals surface area contributed by atoms with Gasteiger partial charge in [0.1, 0.15) is 54.1 Å². The molecule has 4 aromatic carbocycles. The number of carbonyl (C=O) groups excluding carboxylic acids is 6. The van der Waals surface area contributed by atoms with Gasteiger partial charge in [0, 0.05) is 12.8 Å². The van der Waals surface area contributed by atoms with Crippen molar-refractivity contribution in [2.45, 2.75) is 50.0 Å². The van der Waals surface area contributed by atoms with Crippen LogP contribution in [0.3, 0.4) is 0 Å². The number of fused-ring (bicyclic) bond motifs is 16. The van der Waals surface area contributed by atoms with Crippen molar-refractivity contribution in [3.8, 4) is 34.5 Å². The van der Waals surface area contributed by atoms with Gasteiger partial charge in [0.15, 0.2) is 11.5 Å². The first-order valence-corrected chi connectivity index (χ1v) is 20.1. The van der Waals surface area contributed by atoms with E-state index in [4.69, 9.17) is 51.6 Å². The molecule has 0 saturated heterocycles. The lowest BCUT2D eigenvalue weighted by Gasteiger charge is -2.28. The lowest BCUT2D eigenvalue weighted by Crippen LogP contribution is -2.55. The number of amides is 5. The van der Waals surface area contributed by atoms with Crippen molar-refractivity contribution < 1.29 is 57.2 Å². The molecule has 0 spiro atoms. The van der Waals surface area contributed by atoms with E-state index < -0.39 is 65.9 Å². The van der Waals surface area contributed by atoms with Crippen molar-refractivity contribution >= 4 is 58.9 Å². The van der Waals surface area contributed by atoms with Crippen LogP contribution in [0.15, 0.2) is 85.5 Å². The highest BCUT2D eigenvalue weighted by Gasteiger charge is 2.35. The Labute approximate surface area is 371 Å². The van der Waals surface area contributed by atoms with Gasteiger partial charge in [0.25, 0.3) is 0 Å². The Morgan fingerprint density at radius 2 is 1.29 bits per heavy atom. The molecule has 19 heteroatoms. The fourth-order valence-electron chi connectivity index (χ4n) is 6.72. The number of ether oxygens (including phenoxy) is 6. The summed E-state index contributed by atoms with van der Waals surface area (Å²) >= 11 is 13.5. The summed E-state index contributed by atoms with van der Waals surface area (Å²) in [4.78, 5) is 82.8. The molecule has 5 amide bonds. The molecule has 7 bridgehead atoms. The summed E-state index contributed by atoms with van der Waals surface area (Å²) in [5.41, 5.74) is 1.33. The van der Waals surface area contributed by atoms with Crippen LogP contribution in [0.25, 0.3) is 0 Å². The highest BCUT2D eigenvalue weighted by Crippen LogP contribution is 2.46. The number of methoxy groups -OCH3 is 3. The maximum absolute atomic E-state index is 14.8. The van der Waals surface area contributed by atoms with Gasteiger partial charge in [0.05, 0.1) is 31.4 Å². The minimum atomic E-state index is -1.67. The lowest BCUT2D eigenvalue weighted by molar-refractivity contribution is -0.145. The number of nitrogens with one attached hydrogen (secondary N) is 5. The number of alkyl carbamates (subject to hydrolysis) is 1. The van der Waals surface area contributed by atoms with Crippen LogP contribution in [0.1, 0.15) is 41.3 Å². The van der Waals surface area contributed by atoms with Crippen LogP contribution < -0.4 is 45.5 Å². The molecule has 8 rings (SSSR count). The molecule has 4 aromatic rings. The number of hydrogen-bond acceptors (Lipinski definition) is 12. The Morgan fingerprint density at radius 1 is 0.714 bits per heavy atom. The Hall–Kier alpha value is -6.98. The number of rotatable bonds is 7. The summed E-state index contributed by atoms with van der Waals surface area (Å²) in [6, 6.07) is 11.4. The van der Waals surface area contributed by atoms with Gasteiger partial charge in [-0.1, -0.05) is 60.1 Å².